The highest BCUT2D eigenvalue weighted by atomic mass is 16.6. The van der Waals surface area contributed by atoms with Crippen LogP contribution < -0.4 is 5.32 Å². The molecule has 1 heterocycles. The number of piperazine rings is 1. The van der Waals surface area contributed by atoms with E-state index in [1.807, 2.05) is 0 Å². The minimum absolute atomic E-state index is 0.0303. The first-order valence-electron chi connectivity index (χ1n) is 11.1. The number of nitrogens with one attached hydrogen (secondary N) is 1. The van der Waals surface area contributed by atoms with Crippen molar-refractivity contribution in [2.75, 3.05) is 46.4 Å². The number of non-ortho nitro benzene ring substituents is 1. The zero-order valence-electron chi connectivity index (χ0n) is 18.1. The van der Waals surface area contributed by atoms with Gasteiger partial charge >= 0.3 is 0 Å². The van der Waals surface area contributed by atoms with E-state index in [-0.39, 0.29) is 23.5 Å². The van der Waals surface area contributed by atoms with Crippen molar-refractivity contribution in [3.8, 4) is 0 Å². The molecule has 0 radical (unpaired) electrons. The van der Waals surface area contributed by atoms with Crippen molar-refractivity contribution >= 4 is 17.5 Å². The number of hydrogen-bond donors (Lipinski definition) is 1. The van der Waals surface area contributed by atoms with Gasteiger partial charge in [0.25, 0.3) is 11.6 Å². The maximum atomic E-state index is 13.0. The molecule has 0 aromatic heterocycles. The number of ether oxygens (including phenoxy) is 1. The Bertz CT molecular complexity index is 756. The SMILES string of the molecule is COCCCNC(=O)[C@H](C1CCCC1)N1CCN(C(=O)c2ccc([N+](=O)[O-])cc2)CC1. The highest BCUT2D eigenvalue weighted by molar-refractivity contribution is 5.94. The van der Waals surface area contributed by atoms with Crippen molar-refractivity contribution < 1.29 is 19.2 Å². The third-order valence-electron chi connectivity index (χ3n) is 6.26. The lowest BCUT2D eigenvalue weighted by Gasteiger charge is -2.40. The van der Waals surface area contributed by atoms with E-state index < -0.39 is 4.92 Å². The number of amides is 2. The summed E-state index contributed by atoms with van der Waals surface area (Å²) >= 11 is 0. The van der Waals surface area contributed by atoms with Gasteiger partial charge in [0.1, 0.15) is 0 Å². The molecule has 1 N–H and O–H groups in total. The van der Waals surface area contributed by atoms with Crippen LogP contribution in [-0.2, 0) is 9.53 Å². The molecule has 1 atom stereocenters. The van der Waals surface area contributed by atoms with Crippen LogP contribution in [0.4, 0.5) is 5.69 Å². The van der Waals surface area contributed by atoms with Gasteiger partial charge in [-0.2, -0.15) is 0 Å². The summed E-state index contributed by atoms with van der Waals surface area (Å²) in [4.78, 5) is 40.1. The molecule has 1 aliphatic carbocycles. The lowest BCUT2D eigenvalue weighted by atomic mass is 9.95. The van der Waals surface area contributed by atoms with Gasteiger partial charge in [0.15, 0.2) is 0 Å². The zero-order chi connectivity index (χ0) is 22.2. The van der Waals surface area contributed by atoms with Crippen molar-refractivity contribution in [3.63, 3.8) is 0 Å². The molecule has 1 aromatic carbocycles. The quantitative estimate of drug-likeness (QED) is 0.364. The summed E-state index contributed by atoms with van der Waals surface area (Å²) in [5.41, 5.74) is 0.416. The second-order valence-electron chi connectivity index (χ2n) is 8.26. The Kier molecular flexibility index (Phi) is 8.36. The third kappa shape index (κ3) is 6.01. The molecule has 170 valence electrons. The summed E-state index contributed by atoms with van der Waals surface area (Å²) in [6.45, 7) is 3.59. The first kappa shape index (κ1) is 23.1. The molecule has 2 amide bonds. The summed E-state index contributed by atoms with van der Waals surface area (Å²) in [5, 5.41) is 13.9. The number of nitro groups is 1. The van der Waals surface area contributed by atoms with E-state index in [1.54, 1.807) is 12.0 Å². The Morgan fingerprint density at radius 2 is 1.81 bits per heavy atom. The highest BCUT2D eigenvalue weighted by Crippen LogP contribution is 2.31. The van der Waals surface area contributed by atoms with Crippen LogP contribution in [-0.4, -0.2) is 79.0 Å². The average Bonchev–Trinajstić information content (AvgIpc) is 3.31. The molecule has 2 aliphatic rings. The molecule has 1 saturated heterocycles. The Hall–Kier alpha value is -2.52. The molecule has 0 bridgehead atoms. The van der Waals surface area contributed by atoms with Gasteiger partial charge in [0, 0.05) is 64.1 Å². The summed E-state index contributed by atoms with van der Waals surface area (Å²) in [7, 11) is 1.65. The second kappa shape index (κ2) is 11.2. The molecule has 1 aliphatic heterocycles. The first-order chi connectivity index (χ1) is 15.0. The van der Waals surface area contributed by atoms with Gasteiger partial charge in [0.2, 0.25) is 5.91 Å². The fourth-order valence-corrected chi connectivity index (χ4v) is 4.60. The molecule has 0 unspecified atom stereocenters. The monoisotopic (exact) mass is 432 g/mol. The minimum atomic E-state index is -0.476. The third-order valence-corrected chi connectivity index (χ3v) is 6.26. The van der Waals surface area contributed by atoms with E-state index in [4.69, 9.17) is 4.74 Å². The van der Waals surface area contributed by atoms with E-state index in [9.17, 15) is 19.7 Å². The van der Waals surface area contributed by atoms with Crippen LogP contribution in [0.15, 0.2) is 24.3 Å². The van der Waals surface area contributed by atoms with Crippen molar-refractivity contribution in [1.29, 1.82) is 0 Å². The van der Waals surface area contributed by atoms with Gasteiger partial charge < -0.3 is 15.0 Å². The number of carbonyl (C=O) groups excluding carboxylic acids is 2. The molecule has 1 saturated carbocycles. The molecule has 3 rings (SSSR count). The molecule has 9 heteroatoms. The fourth-order valence-electron chi connectivity index (χ4n) is 4.60. The Labute approximate surface area is 182 Å². The number of methoxy groups -OCH3 is 1. The maximum Gasteiger partial charge on any atom is 0.269 e. The van der Waals surface area contributed by atoms with Gasteiger partial charge in [-0.05, 0) is 37.3 Å². The van der Waals surface area contributed by atoms with E-state index >= 15 is 0 Å². The number of hydrogen-bond acceptors (Lipinski definition) is 6. The van der Waals surface area contributed by atoms with E-state index in [0.29, 0.717) is 50.8 Å². The number of carbonyl (C=O) groups is 2. The predicted molar refractivity (Wildman–Crippen MR) is 116 cm³/mol. The van der Waals surface area contributed by atoms with Crippen molar-refractivity contribution in [1.82, 2.24) is 15.1 Å². The summed E-state index contributed by atoms with van der Waals surface area (Å²) < 4.78 is 5.06. The second-order valence-corrected chi connectivity index (χ2v) is 8.26. The highest BCUT2D eigenvalue weighted by Gasteiger charge is 2.37. The fraction of sp³-hybridized carbons (Fsp3) is 0.636. The van der Waals surface area contributed by atoms with Crippen LogP contribution in [0.3, 0.4) is 0 Å². The molecule has 1 aromatic rings. The van der Waals surface area contributed by atoms with Gasteiger partial charge in [-0.15, -0.1) is 0 Å². The van der Waals surface area contributed by atoms with Crippen molar-refractivity contribution in [3.05, 3.63) is 39.9 Å². The Morgan fingerprint density at radius 3 is 2.39 bits per heavy atom. The number of nitrogens with zero attached hydrogens (tertiary/aromatic N) is 3. The van der Waals surface area contributed by atoms with Crippen LogP contribution in [0.25, 0.3) is 0 Å². The molecule has 2 fully saturated rings. The predicted octanol–water partition coefficient (Wildman–Crippen LogP) is 2.06. The average molecular weight is 433 g/mol. The smallest absolute Gasteiger partial charge is 0.269 e. The summed E-state index contributed by atoms with van der Waals surface area (Å²) in [6, 6.07) is 5.56. The Morgan fingerprint density at radius 1 is 1.16 bits per heavy atom. The van der Waals surface area contributed by atoms with E-state index in [0.717, 1.165) is 32.1 Å². The molecular weight excluding hydrogens is 400 g/mol. The van der Waals surface area contributed by atoms with E-state index in [1.165, 1.54) is 24.3 Å². The summed E-state index contributed by atoms with van der Waals surface area (Å²) in [6.07, 6.45) is 5.25. The van der Waals surface area contributed by atoms with Crippen LogP contribution >= 0.6 is 0 Å². The van der Waals surface area contributed by atoms with Gasteiger partial charge in [0.05, 0.1) is 11.0 Å². The van der Waals surface area contributed by atoms with Crippen molar-refractivity contribution in [2.45, 2.75) is 38.1 Å². The van der Waals surface area contributed by atoms with Crippen LogP contribution in [0.2, 0.25) is 0 Å². The van der Waals surface area contributed by atoms with Crippen LogP contribution in [0.1, 0.15) is 42.5 Å². The van der Waals surface area contributed by atoms with Gasteiger partial charge in [-0.3, -0.25) is 24.6 Å². The Balaban J connectivity index is 1.58. The molecule has 9 nitrogen and oxygen atoms in total. The topological polar surface area (TPSA) is 105 Å². The van der Waals surface area contributed by atoms with Crippen LogP contribution in [0, 0.1) is 16.0 Å². The molecule has 31 heavy (non-hydrogen) atoms. The molecule has 0 spiro atoms. The van der Waals surface area contributed by atoms with Crippen molar-refractivity contribution in [2.24, 2.45) is 5.92 Å². The summed E-state index contributed by atoms with van der Waals surface area (Å²) in [5.74, 6) is 0.313. The van der Waals surface area contributed by atoms with Crippen LogP contribution in [0.5, 0.6) is 0 Å². The lowest BCUT2D eigenvalue weighted by molar-refractivity contribution is -0.384. The minimum Gasteiger partial charge on any atom is -0.385 e. The number of nitro benzene ring substituents is 1. The van der Waals surface area contributed by atoms with E-state index in [2.05, 4.69) is 10.2 Å². The largest absolute Gasteiger partial charge is 0.385 e. The normalized spacial score (nSPS) is 18.7. The first-order valence-corrected chi connectivity index (χ1v) is 11.1. The maximum absolute atomic E-state index is 13.0. The van der Waals surface area contributed by atoms with Gasteiger partial charge in [-0.1, -0.05) is 12.8 Å². The van der Waals surface area contributed by atoms with Gasteiger partial charge in [-0.25, -0.2) is 0 Å². The molecular formula is C22H32N4O5. The number of rotatable bonds is 9. The lowest BCUT2D eigenvalue weighted by Crippen LogP contribution is -2.58. The standard InChI is InChI=1S/C22H32N4O5/c1-31-16-4-11-23-21(27)20(17-5-2-3-6-17)24-12-14-25(15-13-24)22(28)18-7-9-19(10-8-18)26(29)30/h7-10,17,20H,2-6,11-16H2,1H3,(H,23,27)/t20-/m0/s1. The number of benzene rings is 1. The zero-order valence-corrected chi connectivity index (χ0v) is 18.1.